The van der Waals surface area contributed by atoms with Gasteiger partial charge in [-0.1, -0.05) is 33.3 Å². The molecule has 0 unspecified atom stereocenters. The van der Waals surface area contributed by atoms with Crippen LogP contribution in [0, 0.1) is 22.7 Å². The first-order chi connectivity index (χ1) is 10.7. The highest BCUT2D eigenvalue weighted by molar-refractivity contribution is 5.09. The molecule has 0 aliphatic heterocycles. The molecule has 0 radical (unpaired) electrons. The fourth-order valence-electron chi connectivity index (χ4n) is 5.97. The van der Waals surface area contributed by atoms with Gasteiger partial charge in [-0.25, -0.2) is 0 Å². The van der Waals surface area contributed by atoms with Crippen LogP contribution in [0.25, 0.3) is 0 Å². The molecule has 2 rings (SSSR count). The summed E-state index contributed by atoms with van der Waals surface area (Å²) in [5.74, 6) is 0.912. The first-order valence-electron chi connectivity index (χ1n) is 9.29. The van der Waals surface area contributed by atoms with E-state index in [1.807, 2.05) is 6.92 Å². The van der Waals surface area contributed by atoms with Crippen molar-refractivity contribution in [3.63, 3.8) is 0 Å². The maximum Gasteiger partial charge on any atom is 0.0653 e. The quantitative estimate of drug-likeness (QED) is 0.676. The summed E-state index contributed by atoms with van der Waals surface area (Å²) in [6.07, 6.45) is 9.08. The lowest BCUT2D eigenvalue weighted by molar-refractivity contribution is -0.169. The number of hydrogen-bond acceptors (Lipinski definition) is 3. The molecule has 23 heavy (non-hydrogen) atoms. The molecule has 0 aromatic heterocycles. The normalized spacial score (nSPS) is 40.7. The lowest BCUT2D eigenvalue weighted by Gasteiger charge is -2.61. The molecule has 0 aromatic carbocycles. The van der Waals surface area contributed by atoms with Gasteiger partial charge in [-0.05, 0) is 73.7 Å². The molecule has 2 fully saturated rings. The number of aliphatic hydroxyl groups is 3. The third kappa shape index (κ3) is 3.67. The Morgan fingerprint density at radius 2 is 1.78 bits per heavy atom. The molecular weight excluding hydrogens is 288 g/mol. The highest BCUT2D eigenvalue weighted by atomic mass is 16.3. The SMILES string of the molecule is CC1(C)CCC[C@]2(C)[C@@H](CC/C(=C/CO)CO)[C@](C)(O)CC[C@@H]12. The third-order valence-electron chi connectivity index (χ3n) is 7.10. The van der Waals surface area contributed by atoms with Crippen LogP contribution < -0.4 is 0 Å². The predicted molar refractivity (Wildman–Crippen MR) is 94.1 cm³/mol. The van der Waals surface area contributed by atoms with Gasteiger partial charge in [0.1, 0.15) is 0 Å². The largest absolute Gasteiger partial charge is 0.392 e. The summed E-state index contributed by atoms with van der Waals surface area (Å²) in [6, 6.07) is 0. The Morgan fingerprint density at radius 3 is 2.39 bits per heavy atom. The second kappa shape index (κ2) is 6.85. The van der Waals surface area contributed by atoms with Gasteiger partial charge in [-0.3, -0.25) is 0 Å². The van der Waals surface area contributed by atoms with Crippen molar-refractivity contribution in [2.45, 2.75) is 78.2 Å². The van der Waals surface area contributed by atoms with Crippen LogP contribution >= 0.6 is 0 Å². The molecule has 0 bridgehead atoms. The highest BCUT2D eigenvalue weighted by Gasteiger charge is 2.57. The Kier molecular flexibility index (Phi) is 5.65. The Morgan fingerprint density at radius 1 is 1.09 bits per heavy atom. The molecule has 4 atom stereocenters. The predicted octanol–water partition coefficient (Wildman–Crippen LogP) is 3.67. The molecule has 0 amide bonds. The summed E-state index contributed by atoms with van der Waals surface area (Å²) in [4.78, 5) is 0. The number of fused-ring (bicyclic) bond motifs is 1. The molecule has 3 N–H and O–H groups in total. The van der Waals surface area contributed by atoms with Crippen molar-refractivity contribution in [1.29, 1.82) is 0 Å². The van der Waals surface area contributed by atoms with E-state index >= 15 is 0 Å². The average molecular weight is 325 g/mol. The van der Waals surface area contributed by atoms with Gasteiger partial charge in [0.25, 0.3) is 0 Å². The van der Waals surface area contributed by atoms with Crippen molar-refractivity contribution in [3.8, 4) is 0 Å². The Balaban J connectivity index is 2.24. The Labute approximate surface area is 141 Å². The minimum Gasteiger partial charge on any atom is -0.392 e. The van der Waals surface area contributed by atoms with E-state index in [1.54, 1.807) is 6.08 Å². The van der Waals surface area contributed by atoms with E-state index in [0.717, 1.165) is 31.3 Å². The van der Waals surface area contributed by atoms with Crippen LogP contribution in [-0.4, -0.2) is 34.1 Å². The first kappa shape index (κ1) is 19.0. The minimum atomic E-state index is -0.627. The molecule has 0 aromatic rings. The van der Waals surface area contributed by atoms with E-state index in [1.165, 1.54) is 19.3 Å². The minimum absolute atomic E-state index is 0.00105. The van der Waals surface area contributed by atoms with E-state index in [9.17, 15) is 10.2 Å². The zero-order valence-corrected chi connectivity index (χ0v) is 15.4. The van der Waals surface area contributed by atoms with E-state index in [-0.39, 0.29) is 24.5 Å². The van der Waals surface area contributed by atoms with Gasteiger partial charge < -0.3 is 15.3 Å². The summed E-state index contributed by atoms with van der Waals surface area (Å²) in [5.41, 5.74) is 0.786. The van der Waals surface area contributed by atoms with E-state index in [4.69, 9.17) is 5.11 Å². The summed E-state index contributed by atoms with van der Waals surface area (Å²) in [5, 5.41) is 29.6. The lowest BCUT2D eigenvalue weighted by Crippen LogP contribution is -2.57. The van der Waals surface area contributed by atoms with Crippen molar-refractivity contribution in [3.05, 3.63) is 11.6 Å². The van der Waals surface area contributed by atoms with Gasteiger partial charge in [0, 0.05) is 0 Å². The molecule has 0 spiro atoms. The summed E-state index contributed by atoms with van der Waals surface area (Å²) in [7, 11) is 0. The van der Waals surface area contributed by atoms with Crippen molar-refractivity contribution in [1.82, 2.24) is 0 Å². The first-order valence-corrected chi connectivity index (χ1v) is 9.29. The van der Waals surface area contributed by atoms with Crippen molar-refractivity contribution >= 4 is 0 Å². The molecule has 0 heterocycles. The molecule has 2 aliphatic carbocycles. The monoisotopic (exact) mass is 324 g/mol. The Hall–Kier alpha value is -0.380. The van der Waals surface area contributed by atoms with E-state index in [0.29, 0.717) is 11.3 Å². The number of hydrogen-bond donors (Lipinski definition) is 3. The fraction of sp³-hybridized carbons (Fsp3) is 0.900. The molecule has 2 saturated carbocycles. The van der Waals surface area contributed by atoms with Crippen LogP contribution in [0.15, 0.2) is 11.6 Å². The molecule has 2 aliphatic rings. The van der Waals surface area contributed by atoms with Crippen LogP contribution in [0.1, 0.15) is 72.6 Å². The van der Waals surface area contributed by atoms with Crippen molar-refractivity contribution < 1.29 is 15.3 Å². The van der Waals surface area contributed by atoms with Gasteiger partial charge >= 0.3 is 0 Å². The summed E-state index contributed by atoms with van der Waals surface area (Å²) < 4.78 is 0. The highest BCUT2D eigenvalue weighted by Crippen LogP contribution is 2.62. The molecule has 3 nitrogen and oxygen atoms in total. The standard InChI is InChI=1S/C20H36O3/c1-18(2)10-5-11-19(3)16(18)8-12-20(4,23)17(19)7-6-15(14-22)9-13-21/h9,16-17,21-23H,5-8,10-14H2,1-4H3/b15-9-/t16-,17+,19-,20+/m0/s1. The molecule has 0 saturated heterocycles. The van der Waals surface area contributed by atoms with Gasteiger partial charge in [0.15, 0.2) is 0 Å². The van der Waals surface area contributed by atoms with Crippen molar-refractivity contribution in [2.24, 2.45) is 22.7 Å². The average Bonchev–Trinajstić information content (AvgIpc) is 2.43. The second-order valence-corrected chi connectivity index (χ2v) is 9.09. The molecule has 134 valence electrons. The summed E-state index contributed by atoms with van der Waals surface area (Å²) >= 11 is 0. The van der Waals surface area contributed by atoms with Crippen LogP contribution in [0.3, 0.4) is 0 Å². The molecular formula is C20H36O3. The zero-order chi connectivity index (χ0) is 17.3. The van der Waals surface area contributed by atoms with Crippen LogP contribution in [0.2, 0.25) is 0 Å². The van der Waals surface area contributed by atoms with Gasteiger partial charge in [-0.2, -0.15) is 0 Å². The number of aliphatic hydroxyl groups excluding tert-OH is 2. The molecule has 3 heteroatoms. The summed E-state index contributed by atoms with van der Waals surface area (Å²) in [6.45, 7) is 9.18. The van der Waals surface area contributed by atoms with Crippen LogP contribution in [-0.2, 0) is 0 Å². The lowest BCUT2D eigenvalue weighted by atomic mass is 9.45. The van der Waals surface area contributed by atoms with E-state index in [2.05, 4.69) is 20.8 Å². The zero-order valence-electron chi connectivity index (χ0n) is 15.4. The third-order valence-corrected chi connectivity index (χ3v) is 7.10. The van der Waals surface area contributed by atoms with Gasteiger partial charge in [-0.15, -0.1) is 0 Å². The van der Waals surface area contributed by atoms with Crippen LogP contribution in [0.5, 0.6) is 0 Å². The fourth-order valence-corrected chi connectivity index (χ4v) is 5.97. The van der Waals surface area contributed by atoms with Gasteiger partial charge in [0.2, 0.25) is 0 Å². The smallest absolute Gasteiger partial charge is 0.0653 e. The maximum atomic E-state index is 11.1. The Bertz CT molecular complexity index is 438. The van der Waals surface area contributed by atoms with E-state index < -0.39 is 5.60 Å². The maximum absolute atomic E-state index is 11.1. The topological polar surface area (TPSA) is 60.7 Å². The van der Waals surface area contributed by atoms with Crippen molar-refractivity contribution in [2.75, 3.05) is 13.2 Å². The van der Waals surface area contributed by atoms with Crippen LogP contribution in [0.4, 0.5) is 0 Å². The van der Waals surface area contributed by atoms with Gasteiger partial charge in [0.05, 0.1) is 18.8 Å². The number of rotatable bonds is 5. The second-order valence-electron chi connectivity index (χ2n) is 9.09.